The minimum atomic E-state index is -0.214. The maximum Gasteiger partial charge on any atom is 0.210 e. The molecule has 8 heteroatoms. The summed E-state index contributed by atoms with van der Waals surface area (Å²) in [4.78, 5) is 0. The zero-order valence-electron chi connectivity index (χ0n) is 16.1. The van der Waals surface area contributed by atoms with E-state index in [1.54, 1.807) is 23.3 Å². The molecular weight excluding hydrogens is 344 g/mol. The molecule has 2 aliphatic rings. The van der Waals surface area contributed by atoms with Crippen LogP contribution in [0.15, 0.2) is 54.7 Å². The third-order valence-electron chi connectivity index (χ3n) is 4.29. The van der Waals surface area contributed by atoms with Gasteiger partial charge in [0.05, 0.1) is 17.5 Å². The first-order chi connectivity index (χ1) is 12.8. The summed E-state index contributed by atoms with van der Waals surface area (Å²) < 4.78 is 13.5. The number of rotatable bonds is 5. The number of aromatic nitrogens is 2. The van der Waals surface area contributed by atoms with E-state index in [0.717, 1.165) is 29.9 Å². The lowest BCUT2D eigenvalue weighted by Crippen LogP contribution is -2.52. The first-order valence-electron chi connectivity index (χ1n) is 8.93. The molecular formula is C19H28N6O2. The molecule has 2 aliphatic heterocycles. The SMILES string of the molecule is C=C(/C=C1/NC=CN/C1=C(/N)OC[C@@H]1CNCC(C)(C)O1)c1cnn(C)c1. The van der Waals surface area contributed by atoms with Gasteiger partial charge in [-0.2, -0.15) is 5.10 Å². The van der Waals surface area contributed by atoms with E-state index in [2.05, 4.69) is 41.5 Å². The summed E-state index contributed by atoms with van der Waals surface area (Å²) in [5.74, 6) is 0.295. The molecule has 1 fully saturated rings. The number of allylic oxidation sites excluding steroid dienone is 2. The number of hydrogen-bond acceptors (Lipinski definition) is 7. The van der Waals surface area contributed by atoms with Gasteiger partial charge in [0, 0.05) is 44.3 Å². The monoisotopic (exact) mass is 372 g/mol. The molecule has 1 aromatic rings. The average Bonchev–Trinajstić information content (AvgIpc) is 3.06. The van der Waals surface area contributed by atoms with E-state index in [1.165, 1.54) is 0 Å². The number of morpholine rings is 1. The Hall–Kier alpha value is -2.71. The Morgan fingerprint density at radius 2 is 2.26 bits per heavy atom. The molecule has 3 rings (SSSR count). The van der Waals surface area contributed by atoms with Crippen molar-refractivity contribution in [2.45, 2.75) is 25.6 Å². The third-order valence-corrected chi connectivity index (χ3v) is 4.29. The number of hydrogen-bond donors (Lipinski definition) is 4. The number of ether oxygens (including phenoxy) is 2. The quantitative estimate of drug-likeness (QED) is 0.570. The second kappa shape index (κ2) is 7.89. The maximum absolute atomic E-state index is 6.20. The Bertz CT molecular complexity index is 790. The zero-order chi connectivity index (χ0) is 19.4. The van der Waals surface area contributed by atoms with Gasteiger partial charge in [-0.25, -0.2) is 0 Å². The summed E-state index contributed by atoms with van der Waals surface area (Å²) >= 11 is 0. The fourth-order valence-electron chi connectivity index (χ4n) is 2.99. The van der Waals surface area contributed by atoms with E-state index in [1.807, 2.05) is 19.3 Å². The van der Waals surface area contributed by atoms with Crippen molar-refractivity contribution >= 4 is 5.57 Å². The molecule has 3 heterocycles. The molecule has 0 spiro atoms. The van der Waals surface area contributed by atoms with E-state index in [9.17, 15) is 0 Å². The van der Waals surface area contributed by atoms with Gasteiger partial charge in [0.1, 0.15) is 18.4 Å². The molecule has 1 saturated heterocycles. The van der Waals surface area contributed by atoms with Gasteiger partial charge in [-0.15, -0.1) is 0 Å². The van der Waals surface area contributed by atoms with Gasteiger partial charge in [-0.3, -0.25) is 4.68 Å². The summed E-state index contributed by atoms with van der Waals surface area (Å²) in [7, 11) is 1.87. The van der Waals surface area contributed by atoms with Gasteiger partial charge >= 0.3 is 0 Å². The molecule has 0 unspecified atom stereocenters. The van der Waals surface area contributed by atoms with Gasteiger partial charge in [0.25, 0.3) is 0 Å². The zero-order valence-corrected chi connectivity index (χ0v) is 16.1. The fourth-order valence-corrected chi connectivity index (χ4v) is 2.99. The second-order valence-electron chi connectivity index (χ2n) is 7.29. The van der Waals surface area contributed by atoms with Crippen molar-refractivity contribution in [2.24, 2.45) is 12.8 Å². The summed E-state index contributed by atoms with van der Waals surface area (Å²) in [6.07, 6.45) is 9.07. The van der Waals surface area contributed by atoms with Crippen LogP contribution >= 0.6 is 0 Å². The molecule has 0 aromatic carbocycles. The van der Waals surface area contributed by atoms with E-state index in [4.69, 9.17) is 15.2 Å². The Morgan fingerprint density at radius 1 is 1.48 bits per heavy atom. The predicted octanol–water partition coefficient (Wildman–Crippen LogP) is 0.893. The lowest BCUT2D eigenvalue weighted by molar-refractivity contribution is -0.114. The van der Waals surface area contributed by atoms with E-state index >= 15 is 0 Å². The predicted molar refractivity (Wildman–Crippen MR) is 105 cm³/mol. The average molecular weight is 372 g/mol. The van der Waals surface area contributed by atoms with Crippen LogP contribution in [0.5, 0.6) is 0 Å². The van der Waals surface area contributed by atoms with Crippen LogP contribution in [0.25, 0.3) is 5.57 Å². The van der Waals surface area contributed by atoms with Crippen molar-refractivity contribution in [1.29, 1.82) is 0 Å². The van der Waals surface area contributed by atoms with Crippen LogP contribution in [0, 0.1) is 0 Å². The summed E-state index contributed by atoms with van der Waals surface area (Å²) in [6, 6.07) is 0. The second-order valence-corrected chi connectivity index (χ2v) is 7.29. The summed E-state index contributed by atoms with van der Waals surface area (Å²) in [5, 5.41) is 13.8. The Kier molecular flexibility index (Phi) is 5.57. The fraction of sp³-hybridized carbons (Fsp3) is 0.421. The van der Waals surface area contributed by atoms with Gasteiger partial charge in [0.2, 0.25) is 5.88 Å². The van der Waals surface area contributed by atoms with Crippen LogP contribution in [-0.4, -0.2) is 41.2 Å². The molecule has 146 valence electrons. The van der Waals surface area contributed by atoms with Crippen LogP contribution in [0.3, 0.4) is 0 Å². The minimum absolute atomic E-state index is 0.0576. The van der Waals surface area contributed by atoms with Crippen LogP contribution < -0.4 is 21.7 Å². The smallest absolute Gasteiger partial charge is 0.210 e. The Balaban J connectivity index is 1.70. The normalized spacial score (nSPS) is 24.9. The highest BCUT2D eigenvalue weighted by Gasteiger charge is 2.29. The van der Waals surface area contributed by atoms with Crippen molar-refractivity contribution in [3.8, 4) is 0 Å². The number of aryl methyl sites for hydroxylation is 1. The van der Waals surface area contributed by atoms with Gasteiger partial charge < -0.3 is 31.2 Å². The molecule has 27 heavy (non-hydrogen) atoms. The van der Waals surface area contributed by atoms with E-state index in [-0.39, 0.29) is 11.7 Å². The van der Waals surface area contributed by atoms with E-state index < -0.39 is 0 Å². The topological polar surface area (TPSA) is 98.4 Å². The molecule has 5 N–H and O–H groups in total. The van der Waals surface area contributed by atoms with Crippen molar-refractivity contribution in [1.82, 2.24) is 25.7 Å². The highest BCUT2D eigenvalue weighted by Crippen LogP contribution is 2.20. The number of nitrogens with two attached hydrogens (primary N) is 1. The van der Waals surface area contributed by atoms with Crippen molar-refractivity contribution in [3.63, 3.8) is 0 Å². The first-order valence-corrected chi connectivity index (χ1v) is 8.93. The largest absolute Gasteiger partial charge is 0.475 e. The first kappa shape index (κ1) is 19.1. The van der Waals surface area contributed by atoms with Crippen LogP contribution in [0.2, 0.25) is 0 Å². The lowest BCUT2D eigenvalue weighted by Gasteiger charge is -2.36. The minimum Gasteiger partial charge on any atom is -0.475 e. The standard InChI is InChI=1S/C19H28N6O2/c1-13(14-8-24-25(4)10-14)7-16-17(23-6-5-22-16)18(20)26-11-15-9-21-12-19(2,3)27-15/h5-8,10,15,21-23H,1,9,11-12,20H2,2-4H3/b16-7+,18-17-/t15-/m0/s1. The van der Waals surface area contributed by atoms with Crippen LogP contribution in [0.1, 0.15) is 19.4 Å². The third kappa shape index (κ3) is 4.93. The number of nitrogens with zero attached hydrogens (tertiary/aromatic N) is 2. The molecule has 1 aromatic heterocycles. The van der Waals surface area contributed by atoms with Crippen molar-refractivity contribution in [2.75, 3.05) is 19.7 Å². The van der Waals surface area contributed by atoms with Gasteiger partial charge in [-0.1, -0.05) is 6.58 Å². The molecule has 0 radical (unpaired) electrons. The van der Waals surface area contributed by atoms with Gasteiger partial charge in [0.15, 0.2) is 0 Å². The highest BCUT2D eigenvalue weighted by atomic mass is 16.6. The molecule has 1 atom stereocenters. The summed E-state index contributed by atoms with van der Waals surface area (Å²) in [5.41, 5.74) is 9.16. The Morgan fingerprint density at radius 3 is 2.96 bits per heavy atom. The number of nitrogens with one attached hydrogen (secondary N) is 3. The maximum atomic E-state index is 6.20. The molecule has 8 nitrogen and oxygen atoms in total. The van der Waals surface area contributed by atoms with Gasteiger partial charge in [-0.05, 0) is 25.5 Å². The van der Waals surface area contributed by atoms with Crippen molar-refractivity contribution < 1.29 is 9.47 Å². The van der Waals surface area contributed by atoms with Crippen LogP contribution in [-0.2, 0) is 16.5 Å². The summed E-state index contributed by atoms with van der Waals surface area (Å²) in [6.45, 7) is 10.1. The lowest BCUT2D eigenvalue weighted by atomic mass is 10.1. The molecule has 0 amide bonds. The van der Waals surface area contributed by atoms with Crippen molar-refractivity contribution in [3.05, 3.63) is 60.3 Å². The van der Waals surface area contributed by atoms with E-state index in [0.29, 0.717) is 18.2 Å². The molecule has 0 saturated carbocycles. The molecule has 0 bridgehead atoms. The van der Waals surface area contributed by atoms with Crippen LogP contribution in [0.4, 0.5) is 0 Å². The highest BCUT2D eigenvalue weighted by molar-refractivity contribution is 5.73. The molecule has 0 aliphatic carbocycles. The Labute approximate surface area is 159 Å².